The number of anilines is 1. The highest BCUT2D eigenvalue weighted by Gasteiger charge is 2.31. The van der Waals surface area contributed by atoms with Crippen molar-refractivity contribution in [3.63, 3.8) is 0 Å². The topological polar surface area (TPSA) is 114 Å². The molecular weight excluding hydrogens is 389 g/mol. The minimum atomic E-state index is -3.72. The molecule has 2 N–H and O–H groups in total. The van der Waals surface area contributed by atoms with Crippen molar-refractivity contribution >= 4 is 33.4 Å². The average Bonchev–Trinajstić information content (AvgIpc) is 2.90. The number of amides is 1. The lowest BCUT2D eigenvalue weighted by Gasteiger charge is -2.09. The Balaban J connectivity index is 1.61. The first-order valence-electron chi connectivity index (χ1n) is 8.18. The Bertz CT molecular complexity index is 1070. The van der Waals surface area contributed by atoms with Crippen LogP contribution in [0.1, 0.15) is 12.5 Å². The van der Waals surface area contributed by atoms with E-state index in [4.69, 9.17) is 4.74 Å². The number of nitrogens with zero attached hydrogens (tertiary/aromatic N) is 1. The Kier molecular flexibility index (Phi) is 5.41. The molecular formula is C18H16FN3O5S. The summed E-state index contributed by atoms with van der Waals surface area (Å²) in [6.45, 7) is 0.821. The summed E-state index contributed by atoms with van der Waals surface area (Å²) in [5.41, 5.74) is 0.581. The van der Waals surface area contributed by atoms with E-state index in [1.807, 2.05) is 0 Å². The fourth-order valence-corrected chi connectivity index (χ4v) is 3.74. The lowest BCUT2D eigenvalue weighted by atomic mass is 10.2. The minimum absolute atomic E-state index is 0.0317. The second-order valence-electron chi connectivity index (χ2n) is 5.92. The first kappa shape index (κ1) is 19.5. The van der Waals surface area contributed by atoms with Crippen molar-refractivity contribution in [2.45, 2.75) is 17.9 Å². The van der Waals surface area contributed by atoms with E-state index in [1.165, 1.54) is 31.2 Å². The zero-order valence-electron chi connectivity index (χ0n) is 14.7. The van der Waals surface area contributed by atoms with E-state index in [2.05, 4.69) is 15.0 Å². The van der Waals surface area contributed by atoms with Crippen molar-refractivity contribution < 1.29 is 27.1 Å². The Hall–Kier alpha value is -3.27. The second-order valence-corrected chi connectivity index (χ2v) is 7.57. The molecule has 0 fully saturated rings. The van der Waals surface area contributed by atoms with Gasteiger partial charge in [0.25, 0.3) is 15.9 Å². The van der Waals surface area contributed by atoms with Crippen molar-refractivity contribution in [2.24, 2.45) is 4.99 Å². The largest absolute Gasteiger partial charge is 0.454 e. The highest BCUT2D eigenvalue weighted by Crippen LogP contribution is 2.22. The molecule has 0 aromatic heterocycles. The van der Waals surface area contributed by atoms with Crippen LogP contribution in [-0.2, 0) is 24.3 Å². The lowest BCUT2D eigenvalue weighted by molar-refractivity contribution is -0.148. The Morgan fingerprint density at radius 1 is 1.21 bits per heavy atom. The first-order chi connectivity index (χ1) is 13.3. The van der Waals surface area contributed by atoms with Crippen LogP contribution in [0.15, 0.2) is 58.4 Å². The molecule has 8 nitrogen and oxygen atoms in total. The first-order valence-corrected chi connectivity index (χ1v) is 9.66. The molecule has 1 aliphatic rings. The fraction of sp³-hybridized carbons (Fsp3) is 0.167. The van der Waals surface area contributed by atoms with E-state index in [-0.39, 0.29) is 16.4 Å². The van der Waals surface area contributed by atoms with E-state index >= 15 is 0 Å². The van der Waals surface area contributed by atoms with E-state index in [0.717, 1.165) is 6.07 Å². The van der Waals surface area contributed by atoms with Crippen LogP contribution < -0.4 is 10.0 Å². The van der Waals surface area contributed by atoms with Gasteiger partial charge in [0.05, 0.1) is 4.90 Å². The number of sulfonamides is 1. The van der Waals surface area contributed by atoms with E-state index in [0.29, 0.717) is 5.56 Å². The van der Waals surface area contributed by atoms with Crippen LogP contribution in [0.2, 0.25) is 0 Å². The summed E-state index contributed by atoms with van der Waals surface area (Å²) in [5, 5.41) is 2.39. The van der Waals surface area contributed by atoms with E-state index in [1.54, 1.807) is 18.2 Å². The Labute approximate surface area is 160 Å². The maximum absolute atomic E-state index is 13.1. The van der Waals surface area contributed by atoms with Crippen LogP contribution in [0.3, 0.4) is 0 Å². The number of rotatable bonds is 5. The van der Waals surface area contributed by atoms with Crippen LogP contribution in [0, 0.1) is 5.82 Å². The zero-order chi connectivity index (χ0) is 20.3. The lowest BCUT2D eigenvalue weighted by Crippen LogP contribution is -2.28. The number of nitrogens with one attached hydrogen (secondary N) is 2. The molecule has 0 aliphatic carbocycles. The van der Waals surface area contributed by atoms with E-state index in [9.17, 15) is 22.4 Å². The molecule has 0 unspecified atom stereocenters. The third kappa shape index (κ3) is 4.34. The van der Waals surface area contributed by atoms with Gasteiger partial charge in [-0.3, -0.25) is 14.5 Å². The van der Waals surface area contributed by atoms with Crippen molar-refractivity contribution in [3.05, 3.63) is 59.9 Å². The zero-order valence-corrected chi connectivity index (χ0v) is 15.5. The van der Waals surface area contributed by atoms with Gasteiger partial charge in [-0.1, -0.05) is 18.2 Å². The van der Waals surface area contributed by atoms with Gasteiger partial charge in [-0.25, -0.2) is 17.6 Å². The van der Waals surface area contributed by atoms with Gasteiger partial charge in [0.2, 0.25) is 0 Å². The van der Waals surface area contributed by atoms with Gasteiger partial charge >= 0.3 is 5.97 Å². The van der Waals surface area contributed by atoms with E-state index < -0.39 is 40.4 Å². The molecule has 10 heteroatoms. The molecule has 1 atom stereocenters. The molecule has 0 spiro atoms. The Morgan fingerprint density at radius 2 is 1.96 bits per heavy atom. The highest BCUT2D eigenvalue weighted by atomic mass is 32.2. The number of amidine groups is 1. The second kappa shape index (κ2) is 7.77. The predicted molar refractivity (Wildman–Crippen MR) is 98.8 cm³/mol. The normalized spacial score (nSPS) is 16.7. The van der Waals surface area contributed by atoms with Gasteiger partial charge < -0.3 is 10.1 Å². The van der Waals surface area contributed by atoms with Gasteiger partial charge in [0.15, 0.2) is 6.61 Å². The molecule has 0 saturated heterocycles. The van der Waals surface area contributed by atoms with Crippen molar-refractivity contribution in [3.8, 4) is 0 Å². The van der Waals surface area contributed by atoms with Crippen molar-refractivity contribution in [1.29, 1.82) is 0 Å². The number of aliphatic imine (C=N–C) groups is 1. The maximum atomic E-state index is 13.1. The van der Waals surface area contributed by atoms with Gasteiger partial charge in [0, 0.05) is 11.3 Å². The molecule has 1 amide bonds. The molecule has 2 aromatic carbocycles. The number of carbonyl (C=O) groups excluding carboxylic acids is 2. The molecule has 1 heterocycles. The standard InChI is InChI=1S/C18H16FN3O5S/c1-11(20-17-14-7-2-3-8-15(14)28(25,26)22-17)18(24)27-10-16(23)21-13-6-4-5-12(19)9-13/h2-9,11H,10H2,1H3,(H,20,22)(H,21,23)/t11-/m1/s1. The Morgan fingerprint density at radius 3 is 2.71 bits per heavy atom. The van der Waals surface area contributed by atoms with Crippen LogP contribution >= 0.6 is 0 Å². The molecule has 28 heavy (non-hydrogen) atoms. The van der Waals surface area contributed by atoms with Crippen LogP contribution in [0.25, 0.3) is 0 Å². The average molecular weight is 405 g/mol. The summed E-state index contributed by atoms with van der Waals surface area (Å²) < 4.78 is 44.3. The summed E-state index contributed by atoms with van der Waals surface area (Å²) in [7, 11) is -3.72. The number of hydrogen-bond donors (Lipinski definition) is 2. The SMILES string of the molecule is C[C@@H](N=C1NS(=O)(=O)c2ccccc21)C(=O)OCC(=O)Nc1cccc(F)c1. The molecule has 146 valence electrons. The number of hydrogen-bond acceptors (Lipinski definition) is 6. The number of benzene rings is 2. The molecule has 0 saturated carbocycles. The van der Waals surface area contributed by atoms with Gasteiger partial charge in [-0.15, -0.1) is 0 Å². The fourth-order valence-electron chi connectivity index (χ4n) is 2.50. The van der Waals surface area contributed by atoms with Crippen LogP contribution in [0.5, 0.6) is 0 Å². The number of fused-ring (bicyclic) bond motifs is 1. The third-order valence-corrected chi connectivity index (χ3v) is 5.18. The van der Waals surface area contributed by atoms with Gasteiger partial charge in [0.1, 0.15) is 17.7 Å². The minimum Gasteiger partial charge on any atom is -0.454 e. The van der Waals surface area contributed by atoms with Crippen molar-refractivity contribution in [2.75, 3.05) is 11.9 Å². The van der Waals surface area contributed by atoms with Gasteiger partial charge in [-0.05, 0) is 37.3 Å². The smallest absolute Gasteiger partial charge is 0.331 e. The number of ether oxygens (including phenoxy) is 1. The summed E-state index contributed by atoms with van der Waals surface area (Å²) in [6.07, 6.45) is 0. The summed E-state index contributed by atoms with van der Waals surface area (Å²) in [6, 6.07) is 10.4. The number of halogens is 1. The monoisotopic (exact) mass is 405 g/mol. The van der Waals surface area contributed by atoms with Crippen LogP contribution in [0.4, 0.5) is 10.1 Å². The van der Waals surface area contributed by atoms with Crippen LogP contribution in [-0.4, -0.2) is 38.8 Å². The number of esters is 1. The molecule has 0 bridgehead atoms. The summed E-state index contributed by atoms with van der Waals surface area (Å²) >= 11 is 0. The molecule has 2 aromatic rings. The van der Waals surface area contributed by atoms with Crippen molar-refractivity contribution in [1.82, 2.24) is 4.72 Å². The summed E-state index contributed by atoms with van der Waals surface area (Å²) in [5.74, 6) is -1.95. The predicted octanol–water partition coefficient (Wildman–Crippen LogP) is 1.43. The summed E-state index contributed by atoms with van der Waals surface area (Å²) in [4.78, 5) is 28.0. The highest BCUT2D eigenvalue weighted by molar-refractivity contribution is 7.90. The maximum Gasteiger partial charge on any atom is 0.331 e. The molecule has 3 rings (SSSR count). The number of carbonyl (C=O) groups is 2. The quantitative estimate of drug-likeness (QED) is 0.731. The van der Waals surface area contributed by atoms with Gasteiger partial charge in [-0.2, -0.15) is 0 Å². The third-order valence-electron chi connectivity index (χ3n) is 3.78. The molecule has 0 radical (unpaired) electrons. The molecule has 1 aliphatic heterocycles.